The van der Waals surface area contributed by atoms with Gasteiger partial charge in [0.2, 0.25) is 0 Å². The summed E-state index contributed by atoms with van der Waals surface area (Å²) in [6.07, 6.45) is 2.87. The van der Waals surface area contributed by atoms with E-state index in [1.807, 2.05) is 20.8 Å². The largest absolute Gasteiger partial charge is 0.444 e. The molecule has 0 atom stereocenters. The Hall–Kier alpha value is 0.230. The van der Waals surface area contributed by atoms with E-state index in [4.69, 9.17) is 4.74 Å². The molecule has 0 bridgehead atoms. The molecule has 0 aromatic carbocycles. The number of amides is 1. The lowest BCUT2D eigenvalue weighted by atomic mass is 9.94. The molecular weight excluding hydrogens is 350 g/mol. The van der Waals surface area contributed by atoms with Gasteiger partial charge in [-0.3, -0.25) is 0 Å². The second-order valence-electron chi connectivity index (χ2n) is 5.56. The van der Waals surface area contributed by atoms with Gasteiger partial charge >= 0.3 is 6.09 Å². The molecule has 0 unspecified atom stereocenters. The van der Waals surface area contributed by atoms with Gasteiger partial charge in [0.15, 0.2) is 0 Å². The van der Waals surface area contributed by atoms with Crippen LogP contribution in [0.15, 0.2) is 0 Å². The van der Waals surface area contributed by atoms with Crippen molar-refractivity contribution in [1.82, 2.24) is 4.90 Å². The smallest absolute Gasteiger partial charge is 0.410 e. The van der Waals surface area contributed by atoms with Crippen LogP contribution in [0.1, 0.15) is 40.0 Å². The molecule has 17 heavy (non-hydrogen) atoms. The molecule has 0 aromatic rings. The molecule has 0 radical (unpaired) electrons. The van der Waals surface area contributed by atoms with Crippen LogP contribution >= 0.6 is 31.9 Å². The molecule has 0 N–H and O–H groups in total. The molecule has 1 fully saturated rings. The fourth-order valence-corrected chi connectivity index (χ4v) is 3.68. The monoisotopic (exact) mass is 369 g/mol. The van der Waals surface area contributed by atoms with Crippen LogP contribution in [0.25, 0.3) is 0 Å². The van der Waals surface area contributed by atoms with Crippen LogP contribution in [-0.2, 0) is 4.74 Å². The van der Waals surface area contributed by atoms with Crippen LogP contribution in [0.3, 0.4) is 0 Å². The van der Waals surface area contributed by atoms with Gasteiger partial charge in [0.05, 0.1) is 0 Å². The van der Waals surface area contributed by atoms with Gasteiger partial charge in [-0.05, 0) is 40.0 Å². The average Bonchev–Trinajstić information content (AvgIpc) is 2.15. The predicted octanol–water partition coefficient (Wildman–Crippen LogP) is 3.94. The van der Waals surface area contributed by atoms with Crippen LogP contribution in [0.2, 0.25) is 0 Å². The molecule has 1 amide bonds. The maximum absolute atomic E-state index is 11.9. The lowest BCUT2D eigenvalue weighted by Gasteiger charge is -2.38. The number of carbonyl (C=O) groups excluding carboxylic acids is 1. The quantitative estimate of drug-likeness (QED) is 0.689. The summed E-state index contributed by atoms with van der Waals surface area (Å²) in [5, 5.41) is 0.991. The van der Waals surface area contributed by atoms with Crippen molar-refractivity contribution in [1.29, 1.82) is 0 Å². The molecule has 1 rings (SSSR count). The van der Waals surface area contributed by atoms with Crippen molar-refractivity contribution in [2.45, 2.75) is 50.0 Å². The minimum atomic E-state index is -0.407. The lowest BCUT2D eigenvalue weighted by molar-refractivity contribution is 0.0198. The second kappa shape index (κ2) is 5.91. The van der Waals surface area contributed by atoms with Crippen molar-refractivity contribution in [3.63, 3.8) is 0 Å². The standard InChI is InChI=1S/C12H21Br2NO2/c1-11(2,3)17-10(16)15-8-5-12(14,4-7-13)6-9-15/h4-9H2,1-3H3. The third-order valence-corrected chi connectivity index (χ3v) is 4.44. The predicted molar refractivity (Wildman–Crippen MR) is 77.1 cm³/mol. The number of rotatable bonds is 2. The SMILES string of the molecule is CC(C)(C)OC(=O)N1CCC(Br)(CCBr)CC1. The average molecular weight is 371 g/mol. The summed E-state index contributed by atoms with van der Waals surface area (Å²) in [5.74, 6) is 0. The summed E-state index contributed by atoms with van der Waals surface area (Å²) < 4.78 is 5.56. The maximum Gasteiger partial charge on any atom is 0.410 e. The Balaban J connectivity index is 2.44. The highest BCUT2D eigenvalue weighted by Crippen LogP contribution is 2.35. The van der Waals surface area contributed by atoms with Crippen molar-refractivity contribution in [3.8, 4) is 0 Å². The first kappa shape index (κ1) is 15.3. The lowest BCUT2D eigenvalue weighted by Crippen LogP contribution is -2.45. The van der Waals surface area contributed by atoms with Crippen LogP contribution in [0.4, 0.5) is 4.79 Å². The molecule has 0 aromatic heterocycles. The molecule has 1 saturated heterocycles. The summed E-state index contributed by atoms with van der Waals surface area (Å²) in [6, 6.07) is 0. The molecule has 1 aliphatic heterocycles. The van der Waals surface area contributed by atoms with Gasteiger partial charge in [0, 0.05) is 22.7 Å². The molecule has 3 nitrogen and oxygen atoms in total. The molecule has 1 aliphatic rings. The van der Waals surface area contributed by atoms with E-state index < -0.39 is 5.60 Å². The molecule has 100 valence electrons. The van der Waals surface area contributed by atoms with E-state index in [1.54, 1.807) is 4.90 Å². The number of hydrogen-bond donors (Lipinski definition) is 0. The van der Waals surface area contributed by atoms with E-state index in [1.165, 1.54) is 0 Å². The first-order chi connectivity index (χ1) is 7.76. The molecule has 1 heterocycles. The van der Waals surface area contributed by atoms with Crippen molar-refractivity contribution in [2.24, 2.45) is 0 Å². The van der Waals surface area contributed by atoms with Crippen molar-refractivity contribution < 1.29 is 9.53 Å². The Labute approximate surface area is 121 Å². The van der Waals surface area contributed by atoms with E-state index in [-0.39, 0.29) is 10.4 Å². The Morgan fingerprint density at radius 2 is 1.88 bits per heavy atom. The zero-order valence-corrected chi connectivity index (χ0v) is 13.9. The highest BCUT2D eigenvalue weighted by Gasteiger charge is 2.34. The van der Waals surface area contributed by atoms with Crippen molar-refractivity contribution >= 4 is 38.0 Å². The fraction of sp³-hybridized carbons (Fsp3) is 0.917. The maximum atomic E-state index is 11.9. The number of likely N-dealkylation sites (tertiary alicyclic amines) is 1. The van der Waals surface area contributed by atoms with E-state index in [0.29, 0.717) is 0 Å². The highest BCUT2D eigenvalue weighted by molar-refractivity contribution is 9.10. The third kappa shape index (κ3) is 5.16. The van der Waals surface area contributed by atoms with Gasteiger partial charge in [-0.2, -0.15) is 0 Å². The fourth-order valence-electron chi connectivity index (χ4n) is 1.84. The zero-order chi connectivity index (χ0) is 13.1. The first-order valence-corrected chi connectivity index (χ1v) is 7.90. The Morgan fingerprint density at radius 3 is 2.29 bits per heavy atom. The van der Waals surface area contributed by atoms with E-state index >= 15 is 0 Å². The first-order valence-electron chi connectivity index (χ1n) is 5.99. The second-order valence-corrected chi connectivity index (χ2v) is 8.03. The van der Waals surface area contributed by atoms with Gasteiger partial charge in [-0.1, -0.05) is 31.9 Å². The molecule has 5 heteroatoms. The number of carbonyl (C=O) groups is 1. The highest BCUT2D eigenvalue weighted by atomic mass is 79.9. The number of hydrogen-bond acceptors (Lipinski definition) is 2. The summed E-state index contributed by atoms with van der Waals surface area (Å²) in [7, 11) is 0. The van der Waals surface area contributed by atoms with Gasteiger partial charge in [0.25, 0.3) is 0 Å². The van der Waals surface area contributed by atoms with Crippen LogP contribution < -0.4 is 0 Å². The van der Waals surface area contributed by atoms with Crippen LogP contribution in [-0.4, -0.2) is 39.3 Å². The van der Waals surface area contributed by atoms with E-state index in [9.17, 15) is 4.79 Å². The minimum absolute atomic E-state index is 0.189. The van der Waals surface area contributed by atoms with Crippen molar-refractivity contribution in [2.75, 3.05) is 18.4 Å². The van der Waals surface area contributed by atoms with Crippen LogP contribution in [0, 0.1) is 0 Å². The normalized spacial score (nSPS) is 20.2. The summed E-state index contributed by atoms with van der Waals surface area (Å²) >= 11 is 7.25. The number of alkyl halides is 2. The number of ether oxygens (including phenoxy) is 1. The summed E-state index contributed by atoms with van der Waals surface area (Å²) in [4.78, 5) is 13.7. The molecule has 0 aliphatic carbocycles. The summed E-state index contributed by atoms with van der Waals surface area (Å²) in [6.45, 7) is 7.23. The van der Waals surface area contributed by atoms with E-state index in [2.05, 4.69) is 31.9 Å². The van der Waals surface area contributed by atoms with Gasteiger partial charge in [-0.25, -0.2) is 4.79 Å². The van der Waals surface area contributed by atoms with E-state index in [0.717, 1.165) is 37.7 Å². The van der Waals surface area contributed by atoms with Crippen LogP contribution in [0.5, 0.6) is 0 Å². The molecule has 0 spiro atoms. The number of halogens is 2. The Morgan fingerprint density at radius 1 is 1.35 bits per heavy atom. The number of piperidine rings is 1. The van der Waals surface area contributed by atoms with Crippen molar-refractivity contribution in [3.05, 3.63) is 0 Å². The molecular formula is C12H21Br2NO2. The number of nitrogens with zero attached hydrogens (tertiary/aromatic N) is 1. The topological polar surface area (TPSA) is 29.5 Å². The third-order valence-electron chi connectivity index (χ3n) is 2.85. The molecule has 0 saturated carbocycles. The zero-order valence-electron chi connectivity index (χ0n) is 10.8. The van der Waals surface area contributed by atoms with Gasteiger partial charge < -0.3 is 9.64 Å². The minimum Gasteiger partial charge on any atom is -0.444 e. The Kier molecular flexibility index (Phi) is 5.32. The van der Waals surface area contributed by atoms with Gasteiger partial charge in [-0.15, -0.1) is 0 Å². The Bertz CT molecular complexity index is 268. The summed E-state index contributed by atoms with van der Waals surface area (Å²) in [5.41, 5.74) is -0.407. The van der Waals surface area contributed by atoms with Gasteiger partial charge in [0.1, 0.15) is 5.60 Å².